The van der Waals surface area contributed by atoms with E-state index in [2.05, 4.69) is 10.6 Å². The first-order chi connectivity index (χ1) is 11.6. The number of anilines is 1. The van der Waals surface area contributed by atoms with Crippen molar-refractivity contribution in [3.63, 3.8) is 0 Å². The van der Waals surface area contributed by atoms with E-state index in [-0.39, 0.29) is 25.4 Å². The van der Waals surface area contributed by atoms with E-state index in [1.807, 2.05) is 18.2 Å². The number of urea groups is 1. The Balaban J connectivity index is 1.62. The Labute approximate surface area is 139 Å². The van der Waals surface area contributed by atoms with E-state index in [1.165, 1.54) is 11.2 Å². The summed E-state index contributed by atoms with van der Waals surface area (Å²) >= 11 is 0. The Kier molecular flexibility index (Phi) is 4.81. The van der Waals surface area contributed by atoms with Gasteiger partial charge in [0.2, 0.25) is 5.91 Å². The van der Waals surface area contributed by atoms with Crippen molar-refractivity contribution < 1.29 is 19.1 Å². The van der Waals surface area contributed by atoms with Gasteiger partial charge in [-0.15, -0.1) is 0 Å². The quantitative estimate of drug-likeness (QED) is 0.793. The molecule has 0 saturated carbocycles. The van der Waals surface area contributed by atoms with Crippen LogP contribution in [0, 0.1) is 0 Å². The maximum Gasteiger partial charge on any atom is 0.322 e. The minimum absolute atomic E-state index is 0.123. The van der Waals surface area contributed by atoms with Crippen LogP contribution >= 0.6 is 0 Å². The lowest BCUT2D eigenvalue weighted by atomic mass is 10.2. The van der Waals surface area contributed by atoms with Crippen LogP contribution in [-0.2, 0) is 11.3 Å². The van der Waals surface area contributed by atoms with Crippen molar-refractivity contribution in [3.8, 4) is 0 Å². The summed E-state index contributed by atoms with van der Waals surface area (Å²) in [4.78, 5) is 26.1. The lowest BCUT2D eigenvalue weighted by molar-refractivity contribution is -0.125. The Hall–Kier alpha value is -2.80. The number of hydrogen-bond acceptors (Lipinski definition) is 4. The summed E-state index contributed by atoms with van der Waals surface area (Å²) in [6, 6.07) is 11.4. The number of carbonyl (C=O) groups excluding carboxylic acids is 2. The number of para-hydroxylation sites is 1. The highest BCUT2D eigenvalue weighted by molar-refractivity contribution is 5.94. The van der Waals surface area contributed by atoms with Crippen LogP contribution in [0.2, 0.25) is 0 Å². The summed E-state index contributed by atoms with van der Waals surface area (Å²) in [6.45, 7) is 0.365. The van der Waals surface area contributed by atoms with Crippen molar-refractivity contribution in [2.24, 2.45) is 0 Å². The zero-order valence-electron chi connectivity index (χ0n) is 13.0. The van der Waals surface area contributed by atoms with Gasteiger partial charge in [0, 0.05) is 18.7 Å². The predicted octanol–water partition coefficient (Wildman–Crippen LogP) is 1.56. The molecule has 126 valence electrons. The van der Waals surface area contributed by atoms with Gasteiger partial charge in [0.15, 0.2) is 0 Å². The molecule has 3 amide bonds. The fourth-order valence-electron chi connectivity index (χ4n) is 2.71. The molecule has 0 spiro atoms. The number of aliphatic hydroxyl groups is 1. The van der Waals surface area contributed by atoms with Crippen LogP contribution in [0.15, 0.2) is 53.1 Å². The highest BCUT2D eigenvalue weighted by atomic mass is 16.3. The van der Waals surface area contributed by atoms with Gasteiger partial charge in [-0.1, -0.05) is 18.2 Å². The average Bonchev–Trinajstić information content (AvgIpc) is 3.23. The number of rotatable bonds is 4. The summed E-state index contributed by atoms with van der Waals surface area (Å²) in [7, 11) is 0. The number of hydrogen-bond donors (Lipinski definition) is 3. The molecule has 1 aliphatic heterocycles. The molecule has 7 nitrogen and oxygen atoms in total. The lowest BCUT2D eigenvalue weighted by Crippen LogP contribution is -2.47. The van der Waals surface area contributed by atoms with Gasteiger partial charge < -0.3 is 25.1 Å². The minimum Gasteiger partial charge on any atom is -0.467 e. The molecule has 24 heavy (non-hydrogen) atoms. The first kappa shape index (κ1) is 16.1. The number of benzene rings is 1. The summed E-state index contributed by atoms with van der Waals surface area (Å²) < 4.78 is 5.16. The van der Waals surface area contributed by atoms with Gasteiger partial charge in [-0.25, -0.2) is 4.79 Å². The van der Waals surface area contributed by atoms with Crippen LogP contribution in [0.25, 0.3) is 0 Å². The molecule has 0 unspecified atom stereocenters. The number of likely N-dealkylation sites (tertiary alicyclic amines) is 1. The van der Waals surface area contributed by atoms with Gasteiger partial charge >= 0.3 is 6.03 Å². The zero-order valence-corrected chi connectivity index (χ0v) is 13.0. The molecule has 1 aromatic heterocycles. The topological polar surface area (TPSA) is 94.8 Å². The molecule has 1 aromatic carbocycles. The summed E-state index contributed by atoms with van der Waals surface area (Å²) in [5.41, 5.74) is 0.638. The molecule has 1 saturated heterocycles. The van der Waals surface area contributed by atoms with Gasteiger partial charge in [-0.2, -0.15) is 0 Å². The fourth-order valence-corrected chi connectivity index (χ4v) is 2.71. The minimum atomic E-state index is -0.717. The van der Waals surface area contributed by atoms with Gasteiger partial charge in [0.25, 0.3) is 0 Å². The van der Waals surface area contributed by atoms with Crippen molar-refractivity contribution in [3.05, 3.63) is 54.5 Å². The smallest absolute Gasteiger partial charge is 0.322 e. The summed E-state index contributed by atoms with van der Waals surface area (Å²) in [5, 5.41) is 15.3. The molecule has 7 heteroatoms. The number of furan rings is 1. The predicted molar refractivity (Wildman–Crippen MR) is 87.1 cm³/mol. The second kappa shape index (κ2) is 7.18. The third-order valence-electron chi connectivity index (χ3n) is 3.88. The van der Waals surface area contributed by atoms with Gasteiger partial charge in [-0.3, -0.25) is 4.79 Å². The Morgan fingerprint density at radius 1 is 1.21 bits per heavy atom. The van der Waals surface area contributed by atoms with E-state index in [1.54, 1.807) is 24.3 Å². The number of nitrogens with one attached hydrogen (secondary N) is 2. The molecule has 2 aromatic rings. The lowest BCUT2D eigenvalue weighted by Gasteiger charge is -2.23. The number of β-amino-alcohol motifs (C(OH)–C–C–N with tert-alkyl or cyclic N) is 1. The molecule has 0 radical (unpaired) electrons. The van der Waals surface area contributed by atoms with Crippen LogP contribution in [-0.4, -0.2) is 40.6 Å². The van der Waals surface area contributed by atoms with Crippen molar-refractivity contribution in [2.75, 3.05) is 11.9 Å². The van der Waals surface area contributed by atoms with Gasteiger partial charge in [0.1, 0.15) is 11.8 Å². The third-order valence-corrected chi connectivity index (χ3v) is 3.88. The molecular formula is C17H19N3O4. The second-order valence-corrected chi connectivity index (χ2v) is 5.65. The van der Waals surface area contributed by atoms with E-state index >= 15 is 0 Å². The molecule has 0 aliphatic carbocycles. The molecule has 2 heterocycles. The molecule has 1 fully saturated rings. The third kappa shape index (κ3) is 3.75. The van der Waals surface area contributed by atoms with Crippen molar-refractivity contribution in [1.82, 2.24) is 10.2 Å². The largest absolute Gasteiger partial charge is 0.467 e. The van der Waals surface area contributed by atoms with Crippen LogP contribution in [0.4, 0.5) is 10.5 Å². The Morgan fingerprint density at radius 2 is 2.00 bits per heavy atom. The number of amides is 3. The maximum absolute atomic E-state index is 12.4. The first-order valence-electron chi connectivity index (χ1n) is 7.74. The maximum atomic E-state index is 12.4. The number of nitrogens with zero attached hydrogens (tertiary/aromatic N) is 1. The van der Waals surface area contributed by atoms with E-state index in [4.69, 9.17) is 4.42 Å². The average molecular weight is 329 g/mol. The summed E-state index contributed by atoms with van der Waals surface area (Å²) in [5.74, 6) is 0.313. The van der Waals surface area contributed by atoms with E-state index < -0.39 is 18.2 Å². The van der Waals surface area contributed by atoms with Crippen LogP contribution < -0.4 is 10.6 Å². The van der Waals surface area contributed by atoms with Crippen molar-refractivity contribution in [2.45, 2.75) is 25.1 Å². The zero-order chi connectivity index (χ0) is 16.9. The number of aliphatic hydroxyl groups excluding tert-OH is 1. The highest BCUT2D eigenvalue weighted by Gasteiger charge is 2.38. The second-order valence-electron chi connectivity index (χ2n) is 5.65. The SMILES string of the molecule is O=C(NCc1ccco1)[C@H]1C[C@H](O)CN1C(=O)Nc1ccccc1. The molecule has 2 atom stereocenters. The molecule has 1 aliphatic rings. The molecular weight excluding hydrogens is 310 g/mol. The van der Waals surface area contributed by atoms with E-state index in [0.29, 0.717) is 11.4 Å². The van der Waals surface area contributed by atoms with E-state index in [0.717, 1.165) is 0 Å². The van der Waals surface area contributed by atoms with Crippen LogP contribution in [0.5, 0.6) is 0 Å². The van der Waals surface area contributed by atoms with Crippen LogP contribution in [0.3, 0.4) is 0 Å². The Bertz CT molecular complexity index is 687. The molecule has 0 bridgehead atoms. The molecule has 3 rings (SSSR count). The highest BCUT2D eigenvalue weighted by Crippen LogP contribution is 2.20. The van der Waals surface area contributed by atoms with Crippen molar-refractivity contribution in [1.29, 1.82) is 0 Å². The fraction of sp³-hybridized carbons (Fsp3) is 0.294. The standard InChI is InChI=1S/C17H19N3O4/c21-13-9-15(16(22)18-10-14-7-4-8-24-14)20(11-13)17(23)19-12-5-2-1-3-6-12/h1-8,13,15,21H,9-11H2,(H,18,22)(H,19,23)/t13-,15+/m0/s1. The van der Waals surface area contributed by atoms with E-state index in [9.17, 15) is 14.7 Å². The Morgan fingerprint density at radius 3 is 2.71 bits per heavy atom. The number of carbonyl (C=O) groups is 2. The van der Waals surface area contributed by atoms with Gasteiger partial charge in [-0.05, 0) is 24.3 Å². The van der Waals surface area contributed by atoms with Crippen molar-refractivity contribution >= 4 is 17.6 Å². The van der Waals surface area contributed by atoms with Gasteiger partial charge in [0.05, 0.1) is 18.9 Å². The first-order valence-corrected chi connectivity index (χ1v) is 7.74. The summed E-state index contributed by atoms with van der Waals surface area (Å²) in [6.07, 6.45) is 1.03. The normalized spacial score (nSPS) is 20.0. The monoisotopic (exact) mass is 329 g/mol. The molecule has 3 N–H and O–H groups in total. The van der Waals surface area contributed by atoms with Crippen LogP contribution in [0.1, 0.15) is 12.2 Å².